The number of sulfonamides is 1. The average molecular weight is 289 g/mol. The standard InChI is InChI=1S/C10H15N3O5S/c1-12(2)5-6-18-9-4-3-8(13(14)15)7-10(9)19(11,16)17/h3-4,7H,5-6H2,1-2H3,(H2,11,16,17). The molecule has 0 bridgehead atoms. The second-order valence-electron chi connectivity index (χ2n) is 4.08. The molecule has 0 aliphatic heterocycles. The van der Waals surface area contributed by atoms with Gasteiger partial charge in [0.15, 0.2) is 0 Å². The van der Waals surface area contributed by atoms with Crippen LogP contribution < -0.4 is 9.88 Å². The highest BCUT2D eigenvalue weighted by Crippen LogP contribution is 2.27. The second-order valence-corrected chi connectivity index (χ2v) is 5.61. The van der Waals surface area contributed by atoms with E-state index in [0.29, 0.717) is 6.54 Å². The number of nitro groups is 1. The predicted octanol–water partition coefficient (Wildman–Crippen LogP) is 0.183. The lowest BCUT2D eigenvalue weighted by Crippen LogP contribution is -2.21. The van der Waals surface area contributed by atoms with Gasteiger partial charge in [0.2, 0.25) is 10.0 Å². The molecule has 19 heavy (non-hydrogen) atoms. The third kappa shape index (κ3) is 4.47. The fourth-order valence-electron chi connectivity index (χ4n) is 1.29. The molecule has 0 aliphatic carbocycles. The molecule has 0 fully saturated rings. The van der Waals surface area contributed by atoms with Crippen molar-refractivity contribution < 1.29 is 18.1 Å². The van der Waals surface area contributed by atoms with Gasteiger partial charge in [-0.1, -0.05) is 0 Å². The molecule has 9 heteroatoms. The van der Waals surface area contributed by atoms with E-state index in [4.69, 9.17) is 9.88 Å². The molecule has 0 spiro atoms. The van der Waals surface area contributed by atoms with Gasteiger partial charge in [0.05, 0.1) is 4.92 Å². The first-order valence-electron chi connectivity index (χ1n) is 5.30. The van der Waals surface area contributed by atoms with E-state index in [1.807, 2.05) is 19.0 Å². The minimum absolute atomic E-state index is 0.00921. The summed E-state index contributed by atoms with van der Waals surface area (Å²) in [5.74, 6) is 0.00921. The van der Waals surface area contributed by atoms with Crippen LogP contribution in [0.15, 0.2) is 23.1 Å². The molecule has 2 N–H and O–H groups in total. The van der Waals surface area contributed by atoms with Gasteiger partial charge in [0.25, 0.3) is 5.69 Å². The molecule has 0 aromatic heterocycles. The Labute approximate surface area is 111 Å². The normalized spacial score (nSPS) is 11.6. The zero-order valence-electron chi connectivity index (χ0n) is 10.6. The summed E-state index contributed by atoms with van der Waals surface area (Å²) in [5.41, 5.74) is -0.357. The van der Waals surface area contributed by atoms with Crippen molar-refractivity contribution in [3.05, 3.63) is 28.3 Å². The molecular formula is C10H15N3O5S. The average Bonchev–Trinajstić information content (AvgIpc) is 2.27. The highest BCUT2D eigenvalue weighted by atomic mass is 32.2. The Bertz CT molecular complexity index is 571. The number of nitrogens with zero attached hydrogens (tertiary/aromatic N) is 2. The van der Waals surface area contributed by atoms with Crippen LogP contribution in [0.1, 0.15) is 0 Å². The maximum atomic E-state index is 11.4. The van der Waals surface area contributed by atoms with Gasteiger partial charge in [-0.2, -0.15) is 0 Å². The van der Waals surface area contributed by atoms with E-state index in [0.717, 1.165) is 6.07 Å². The molecule has 1 aromatic rings. The third-order valence-electron chi connectivity index (χ3n) is 2.24. The van der Waals surface area contributed by atoms with Crippen molar-refractivity contribution in [2.45, 2.75) is 4.90 Å². The van der Waals surface area contributed by atoms with Crippen molar-refractivity contribution in [3.8, 4) is 5.75 Å². The first-order valence-corrected chi connectivity index (χ1v) is 6.85. The molecule has 0 saturated carbocycles. The fourth-order valence-corrected chi connectivity index (χ4v) is 1.98. The van der Waals surface area contributed by atoms with Crippen LogP contribution in [0.25, 0.3) is 0 Å². The lowest BCUT2D eigenvalue weighted by Gasteiger charge is -2.13. The number of rotatable bonds is 6. The molecule has 1 rings (SSSR count). The Balaban J connectivity index is 3.07. The molecule has 0 atom stereocenters. The van der Waals surface area contributed by atoms with Gasteiger partial charge in [-0.05, 0) is 20.2 Å². The van der Waals surface area contributed by atoms with E-state index in [1.54, 1.807) is 0 Å². The summed E-state index contributed by atoms with van der Waals surface area (Å²) in [7, 11) is -0.417. The summed E-state index contributed by atoms with van der Waals surface area (Å²) in [6.07, 6.45) is 0. The molecule has 8 nitrogen and oxygen atoms in total. The van der Waals surface area contributed by atoms with Gasteiger partial charge in [-0.15, -0.1) is 0 Å². The molecule has 106 valence electrons. The smallest absolute Gasteiger partial charge is 0.271 e. The van der Waals surface area contributed by atoms with Gasteiger partial charge >= 0.3 is 0 Å². The largest absolute Gasteiger partial charge is 0.491 e. The van der Waals surface area contributed by atoms with Crippen LogP contribution in [-0.2, 0) is 10.0 Å². The Kier molecular flexibility index (Phi) is 4.81. The minimum atomic E-state index is -4.08. The Morgan fingerprint density at radius 3 is 2.53 bits per heavy atom. The number of primary sulfonamides is 1. The summed E-state index contributed by atoms with van der Waals surface area (Å²) < 4.78 is 28.1. The molecule has 1 aromatic carbocycles. The van der Waals surface area contributed by atoms with Gasteiger partial charge in [-0.25, -0.2) is 13.6 Å². The first-order chi connectivity index (χ1) is 8.71. The van der Waals surface area contributed by atoms with Crippen LogP contribution in [0, 0.1) is 10.1 Å². The van der Waals surface area contributed by atoms with Crippen LogP contribution >= 0.6 is 0 Å². The van der Waals surface area contributed by atoms with Crippen molar-refractivity contribution in [1.29, 1.82) is 0 Å². The predicted molar refractivity (Wildman–Crippen MR) is 68.5 cm³/mol. The summed E-state index contributed by atoms with van der Waals surface area (Å²) in [6.45, 7) is 0.814. The Hall–Kier alpha value is -1.71. The Morgan fingerprint density at radius 2 is 2.05 bits per heavy atom. The number of non-ortho nitro benzene ring substituents is 1. The van der Waals surface area contributed by atoms with E-state index in [9.17, 15) is 18.5 Å². The minimum Gasteiger partial charge on any atom is -0.491 e. The van der Waals surface area contributed by atoms with Crippen molar-refractivity contribution in [2.75, 3.05) is 27.2 Å². The summed E-state index contributed by atoms with van der Waals surface area (Å²) in [4.78, 5) is 11.4. The van der Waals surface area contributed by atoms with Crippen molar-refractivity contribution >= 4 is 15.7 Å². The van der Waals surface area contributed by atoms with Crippen molar-refractivity contribution in [3.63, 3.8) is 0 Å². The summed E-state index contributed by atoms with van der Waals surface area (Å²) in [5, 5.41) is 15.6. The quantitative estimate of drug-likeness (QED) is 0.590. The maximum Gasteiger partial charge on any atom is 0.271 e. The van der Waals surface area contributed by atoms with Gasteiger partial charge in [0.1, 0.15) is 17.3 Å². The highest BCUT2D eigenvalue weighted by molar-refractivity contribution is 7.89. The molecule has 0 unspecified atom stereocenters. The van der Waals surface area contributed by atoms with Crippen molar-refractivity contribution in [2.24, 2.45) is 5.14 Å². The van der Waals surface area contributed by atoms with E-state index < -0.39 is 14.9 Å². The number of hydrogen-bond acceptors (Lipinski definition) is 6. The number of benzene rings is 1. The van der Waals surface area contributed by atoms with E-state index >= 15 is 0 Å². The number of likely N-dealkylation sites (N-methyl/N-ethyl adjacent to an activating group) is 1. The fraction of sp³-hybridized carbons (Fsp3) is 0.400. The van der Waals surface area contributed by atoms with Crippen LogP contribution in [0.3, 0.4) is 0 Å². The van der Waals surface area contributed by atoms with E-state index in [1.165, 1.54) is 12.1 Å². The van der Waals surface area contributed by atoms with Crippen molar-refractivity contribution in [1.82, 2.24) is 4.90 Å². The van der Waals surface area contributed by atoms with Gasteiger partial charge < -0.3 is 9.64 Å². The SMILES string of the molecule is CN(C)CCOc1ccc([N+](=O)[O-])cc1S(N)(=O)=O. The van der Waals surface area contributed by atoms with Crippen LogP contribution in [0.2, 0.25) is 0 Å². The number of ether oxygens (including phenoxy) is 1. The number of nitro benzene ring substituents is 1. The highest BCUT2D eigenvalue weighted by Gasteiger charge is 2.20. The second kappa shape index (κ2) is 5.95. The summed E-state index contributed by atoms with van der Waals surface area (Å²) >= 11 is 0. The number of hydrogen-bond donors (Lipinski definition) is 1. The number of nitrogens with two attached hydrogens (primary N) is 1. The van der Waals surface area contributed by atoms with E-state index in [2.05, 4.69) is 0 Å². The Morgan fingerprint density at radius 1 is 1.42 bits per heavy atom. The zero-order chi connectivity index (χ0) is 14.6. The zero-order valence-corrected chi connectivity index (χ0v) is 11.4. The third-order valence-corrected chi connectivity index (χ3v) is 3.17. The van der Waals surface area contributed by atoms with Gasteiger partial charge in [0, 0.05) is 18.7 Å². The monoisotopic (exact) mass is 289 g/mol. The van der Waals surface area contributed by atoms with Crippen LogP contribution in [0.5, 0.6) is 5.75 Å². The molecule has 0 aliphatic rings. The maximum absolute atomic E-state index is 11.4. The van der Waals surface area contributed by atoms with E-state index in [-0.39, 0.29) is 22.9 Å². The van der Waals surface area contributed by atoms with Crippen LogP contribution in [-0.4, -0.2) is 45.5 Å². The first kappa shape index (κ1) is 15.3. The molecule has 0 heterocycles. The lowest BCUT2D eigenvalue weighted by atomic mass is 10.3. The lowest BCUT2D eigenvalue weighted by molar-refractivity contribution is -0.385. The molecule has 0 radical (unpaired) electrons. The van der Waals surface area contributed by atoms with Gasteiger partial charge in [-0.3, -0.25) is 10.1 Å². The molecule has 0 amide bonds. The molecular weight excluding hydrogens is 274 g/mol. The molecule has 0 saturated heterocycles. The summed E-state index contributed by atoms with van der Waals surface area (Å²) in [6, 6.07) is 3.29. The topological polar surface area (TPSA) is 116 Å². The van der Waals surface area contributed by atoms with Crippen LogP contribution in [0.4, 0.5) is 5.69 Å².